The summed E-state index contributed by atoms with van der Waals surface area (Å²) in [5.74, 6) is 1.05. The van der Waals surface area contributed by atoms with E-state index < -0.39 is 6.10 Å². The number of hydrogen-bond donors (Lipinski definition) is 3. The minimum atomic E-state index is -0.560. The molecule has 0 spiro atoms. The molecule has 3 aromatic heterocycles. The maximum absolute atomic E-state index is 12.7. The quantitative estimate of drug-likeness (QED) is 0.412. The third-order valence-corrected chi connectivity index (χ3v) is 7.08. The second-order valence-corrected chi connectivity index (χ2v) is 10.9. The van der Waals surface area contributed by atoms with Crippen LogP contribution in [0.25, 0.3) is 16.7 Å². The predicted molar refractivity (Wildman–Crippen MR) is 140 cm³/mol. The molecular formula is C24H30ClN7O2S. The number of pyridine rings is 1. The summed E-state index contributed by atoms with van der Waals surface area (Å²) in [5, 5.41) is 14.1. The van der Waals surface area contributed by atoms with Crippen LogP contribution in [0.5, 0.6) is 0 Å². The number of thiazole rings is 1. The van der Waals surface area contributed by atoms with Gasteiger partial charge in [0, 0.05) is 31.8 Å². The number of hydrogen-bond acceptors (Lipinski definition) is 8. The summed E-state index contributed by atoms with van der Waals surface area (Å²) in [7, 11) is 1.68. The molecule has 3 unspecified atom stereocenters. The second-order valence-electron chi connectivity index (χ2n) is 9.24. The van der Waals surface area contributed by atoms with Gasteiger partial charge < -0.3 is 20.7 Å². The molecule has 9 nitrogen and oxygen atoms in total. The minimum Gasteiger partial charge on any atom is -0.397 e. The lowest BCUT2D eigenvalue weighted by atomic mass is 9.88. The van der Waals surface area contributed by atoms with Gasteiger partial charge in [0.1, 0.15) is 15.7 Å². The summed E-state index contributed by atoms with van der Waals surface area (Å²) in [6.45, 7) is 4.30. The van der Waals surface area contributed by atoms with E-state index in [1.807, 2.05) is 6.07 Å². The van der Waals surface area contributed by atoms with E-state index in [-0.39, 0.29) is 18.0 Å². The predicted octanol–water partition coefficient (Wildman–Crippen LogP) is 3.62. The number of allylic oxidation sites excluding steroid dienone is 1. The molecule has 1 saturated carbocycles. The largest absolute Gasteiger partial charge is 0.397 e. The van der Waals surface area contributed by atoms with Crippen LogP contribution in [0.1, 0.15) is 60.5 Å². The van der Waals surface area contributed by atoms with Crippen molar-refractivity contribution in [3.8, 4) is 0 Å². The van der Waals surface area contributed by atoms with Crippen LogP contribution in [0.15, 0.2) is 29.5 Å². The Hall–Kier alpha value is -2.82. The van der Waals surface area contributed by atoms with E-state index in [4.69, 9.17) is 22.3 Å². The number of imidazole rings is 1. The Bertz CT molecular complexity index is 1270. The zero-order valence-electron chi connectivity index (χ0n) is 20.0. The zero-order valence-corrected chi connectivity index (χ0v) is 21.6. The first-order valence-electron chi connectivity index (χ1n) is 11.6. The standard InChI is InChI=1S/C24H30ClN7O2S/c1-13(2)6-22-31-19-11-28-18(17(26)4-5-27-3)10-20(19)32(22)15-7-14(8-16(33)9-15)30-23(34)24-29-12-21(25)35-24/h4-5,10-16,33H,6-9,26H2,1-3H3,(H,30,34)/b17-4-,27-5?. The van der Waals surface area contributed by atoms with E-state index in [2.05, 4.69) is 38.7 Å². The van der Waals surface area contributed by atoms with Gasteiger partial charge in [-0.15, -0.1) is 0 Å². The first-order chi connectivity index (χ1) is 16.7. The summed E-state index contributed by atoms with van der Waals surface area (Å²) in [6.07, 6.45) is 8.46. The number of carbonyl (C=O) groups excluding carboxylic acids is 1. The Balaban J connectivity index is 1.69. The van der Waals surface area contributed by atoms with Crippen molar-refractivity contribution in [2.45, 2.75) is 57.7 Å². The fourth-order valence-corrected chi connectivity index (χ4v) is 5.37. The molecule has 11 heteroatoms. The molecule has 1 aliphatic rings. The smallest absolute Gasteiger partial charge is 0.280 e. The van der Waals surface area contributed by atoms with Crippen molar-refractivity contribution in [3.05, 3.63) is 45.4 Å². The highest BCUT2D eigenvalue weighted by Crippen LogP contribution is 2.34. The van der Waals surface area contributed by atoms with Crippen molar-refractivity contribution >= 4 is 51.8 Å². The summed E-state index contributed by atoms with van der Waals surface area (Å²) in [4.78, 5) is 30.1. The summed E-state index contributed by atoms with van der Waals surface area (Å²) in [6, 6.07) is 1.67. The minimum absolute atomic E-state index is 0.0552. The third-order valence-electron chi connectivity index (χ3n) is 5.97. The van der Waals surface area contributed by atoms with Crippen molar-refractivity contribution < 1.29 is 9.90 Å². The number of fused-ring (bicyclic) bond motifs is 1. The number of aliphatic hydroxyl groups is 1. The highest BCUT2D eigenvalue weighted by Gasteiger charge is 2.32. The highest BCUT2D eigenvalue weighted by molar-refractivity contribution is 7.17. The number of aliphatic imine (C=N–C) groups is 1. The van der Waals surface area contributed by atoms with Gasteiger partial charge in [0.05, 0.1) is 35.4 Å². The van der Waals surface area contributed by atoms with Crippen molar-refractivity contribution in [3.63, 3.8) is 0 Å². The van der Waals surface area contributed by atoms with Gasteiger partial charge in [-0.2, -0.15) is 0 Å². The molecule has 3 heterocycles. The maximum atomic E-state index is 12.7. The maximum Gasteiger partial charge on any atom is 0.280 e. The summed E-state index contributed by atoms with van der Waals surface area (Å²) < 4.78 is 2.66. The molecule has 1 fully saturated rings. The van der Waals surface area contributed by atoms with Crippen LogP contribution in [0.3, 0.4) is 0 Å². The van der Waals surface area contributed by atoms with E-state index >= 15 is 0 Å². The lowest BCUT2D eigenvalue weighted by Crippen LogP contribution is -2.43. The molecule has 0 bridgehead atoms. The van der Waals surface area contributed by atoms with Crippen LogP contribution in [-0.2, 0) is 6.42 Å². The van der Waals surface area contributed by atoms with Crippen molar-refractivity contribution in [2.75, 3.05) is 7.05 Å². The van der Waals surface area contributed by atoms with Gasteiger partial charge >= 0.3 is 0 Å². The van der Waals surface area contributed by atoms with Crippen molar-refractivity contribution in [1.82, 2.24) is 24.8 Å². The van der Waals surface area contributed by atoms with Crippen LogP contribution in [-0.4, -0.2) is 55.9 Å². The molecule has 1 amide bonds. The molecular weight excluding hydrogens is 486 g/mol. The number of halogens is 1. The van der Waals surface area contributed by atoms with Gasteiger partial charge in [-0.3, -0.25) is 14.8 Å². The number of nitrogens with one attached hydrogen (secondary N) is 1. The van der Waals surface area contributed by atoms with Crippen LogP contribution in [0.4, 0.5) is 0 Å². The molecule has 3 aromatic rings. The summed E-state index contributed by atoms with van der Waals surface area (Å²) >= 11 is 7.07. The number of aliphatic hydroxyl groups excluding tert-OH is 1. The number of carbonyl (C=O) groups is 1. The molecule has 0 radical (unpaired) electrons. The summed E-state index contributed by atoms with van der Waals surface area (Å²) in [5.41, 5.74) is 9.05. The first kappa shape index (κ1) is 25.3. The molecule has 35 heavy (non-hydrogen) atoms. The fourth-order valence-electron chi connectivity index (χ4n) is 4.56. The Morgan fingerprint density at radius 1 is 1.37 bits per heavy atom. The van der Waals surface area contributed by atoms with Gasteiger partial charge in [-0.05, 0) is 37.3 Å². The second kappa shape index (κ2) is 10.8. The van der Waals surface area contributed by atoms with E-state index in [0.29, 0.717) is 45.9 Å². The topological polar surface area (TPSA) is 131 Å². The number of nitrogens with two attached hydrogens (primary N) is 1. The molecule has 0 aromatic carbocycles. The van der Waals surface area contributed by atoms with Crippen LogP contribution < -0.4 is 11.1 Å². The number of nitrogens with zero attached hydrogens (tertiary/aromatic N) is 5. The van der Waals surface area contributed by atoms with Gasteiger partial charge in [0.2, 0.25) is 0 Å². The van der Waals surface area contributed by atoms with Crippen molar-refractivity contribution in [2.24, 2.45) is 16.6 Å². The highest BCUT2D eigenvalue weighted by atomic mass is 35.5. The van der Waals surface area contributed by atoms with E-state index in [1.54, 1.807) is 25.5 Å². The Kier molecular flexibility index (Phi) is 7.83. The molecule has 0 saturated heterocycles. The molecule has 0 aliphatic heterocycles. The molecule has 1 aliphatic carbocycles. The number of amides is 1. The fraction of sp³-hybridized carbons (Fsp3) is 0.458. The molecule has 3 atom stereocenters. The van der Waals surface area contributed by atoms with Gasteiger partial charge in [0.15, 0.2) is 5.01 Å². The molecule has 186 valence electrons. The van der Waals surface area contributed by atoms with Crippen LogP contribution >= 0.6 is 22.9 Å². The van der Waals surface area contributed by atoms with Gasteiger partial charge in [-0.1, -0.05) is 36.8 Å². The lowest BCUT2D eigenvalue weighted by molar-refractivity contribution is 0.0740. The monoisotopic (exact) mass is 515 g/mol. The first-order valence-corrected chi connectivity index (χ1v) is 12.8. The average Bonchev–Trinajstić information content (AvgIpc) is 3.39. The Morgan fingerprint density at radius 3 is 2.86 bits per heavy atom. The normalized spacial score (nSPS) is 21.3. The number of aromatic nitrogens is 4. The number of rotatable bonds is 7. The Morgan fingerprint density at radius 2 is 2.17 bits per heavy atom. The van der Waals surface area contributed by atoms with E-state index in [0.717, 1.165) is 34.6 Å². The molecule has 4 rings (SSSR count). The van der Waals surface area contributed by atoms with Gasteiger partial charge in [0.25, 0.3) is 5.91 Å². The SMILES string of the molecule is CN=C/C=C(\N)c1cc2c(cn1)nc(CC(C)C)n2C1CC(O)CC(NC(=O)c2ncc(Cl)s2)C1. The van der Waals surface area contributed by atoms with Gasteiger partial charge in [-0.25, -0.2) is 9.97 Å². The van der Waals surface area contributed by atoms with Crippen LogP contribution in [0, 0.1) is 5.92 Å². The van der Waals surface area contributed by atoms with E-state index in [9.17, 15) is 9.90 Å². The van der Waals surface area contributed by atoms with Crippen molar-refractivity contribution in [1.29, 1.82) is 0 Å². The third kappa shape index (κ3) is 5.88. The average molecular weight is 516 g/mol. The lowest BCUT2D eigenvalue weighted by Gasteiger charge is -2.34. The molecule has 4 N–H and O–H groups in total. The Labute approximate surface area is 213 Å². The zero-order chi connectivity index (χ0) is 25.1. The van der Waals surface area contributed by atoms with E-state index in [1.165, 1.54) is 6.20 Å². The van der Waals surface area contributed by atoms with Crippen LogP contribution in [0.2, 0.25) is 4.34 Å².